The molecule has 22 heavy (non-hydrogen) atoms. The van der Waals surface area contributed by atoms with E-state index in [4.69, 9.17) is 11.6 Å². The van der Waals surface area contributed by atoms with Gasteiger partial charge in [0.1, 0.15) is 0 Å². The monoisotopic (exact) mass is 317 g/mol. The van der Waals surface area contributed by atoms with Gasteiger partial charge < -0.3 is 5.32 Å². The Labute approximate surface area is 135 Å². The quantitative estimate of drug-likeness (QED) is 0.604. The molecule has 0 saturated carbocycles. The van der Waals surface area contributed by atoms with E-state index in [9.17, 15) is 4.79 Å². The summed E-state index contributed by atoms with van der Waals surface area (Å²) < 4.78 is 0. The van der Waals surface area contributed by atoms with Crippen molar-refractivity contribution in [2.24, 2.45) is 4.99 Å². The van der Waals surface area contributed by atoms with Gasteiger partial charge in [-0.25, -0.2) is 4.79 Å². The molecule has 2 atom stereocenters. The summed E-state index contributed by atoms with van der Waals surface area (Å²) in [6.07, 6.45) is 6.00. The van der Waals surface area contributed by atoms with Gasteiger partial charge in [0.2, 0.25) is 5.62 Å². The maximum atomic E-state index is 12.5. The molecule has 1 aromatic rings. The fourth-order valence-electron chi connectivity index (χ4n) is 3.51. The average Bonchev–Trinajstić information content (AvgIpc) is 2.70. The van der Waals surface area contributed by atoms with E-state index in [0.29, 0.717) is 5.92 Å². The van der Waals surface area contributed by atoms with E-state index < -0.39 is 5.62 Å². The number of rotatable bonds is 1. The van der Waals surface area contributed by atoms with E-state index in [0.717, 1.165) is 12.1 Å². The highest BCUT2D eigenvalue weighted by Gasteiger charge is 2.36. The van der Waals surface area contributed by atoms with Crippen LogP contribution in [0.1, 0.15) is 44.2 Å². The lowest BCUT2D eigenvalue weighted by Crippen LogP contribution is -2.36. The Bertz CT molecular complexity index is 666. The molecule has 0 fully saturated rings. The third kappa shape index (κ3) is 2.52. The van der Waals surface area contributed by atoms with Gasteiger partial charge in [-0.05, 0) is 41.0 Å². The molecule has 0 saturated heterocycles. The minimum Gasteiger partial charge on any atom is -0.307 e. The van der Waals surface area contributed by atoms with E-state index >= 15 is 0 Å². The molecule has 3 rings (SSSR count). The number of urea groups is 1. The van der Waals surface area contributed by atoms with Crippen LogP contribution in [0.5, 0.6) is 0 Å². The minimum atomic E-state index is -0.698. The molecule has 1 heterocycles. The molecule has 5 heteroatoms. The normalized spacial score (nSPS) is 25.2. The van der Waals surface area contributed by atoms with Crippen LogP contribution >= 0.6 is 11.6 Å². The highest BCUT2D eigenvalue weighted by molar-refractivity contribution is 6.22. The first-order valence-corrected chi connectivity index (χ1v) is 7.90. The number of amides is 2. The molecular weight excluding hydrogens is 298 g/mol. The largest absolute Gasteiger partial charge is 0.328 e. The number of anilines is 1. The number of allylic oxidation sites excluding steroid dienone is 1. The first-order chi connectivity index (χ1) is 10.4. The number of nitrogens with one attached hydrogen (secondary N) is 1. The molecule has 116 valence electrons. The standard InChI is InChI=1S/C17H20ClN3O/c1-11-10-17(2,3)12-6-4-7-13(14(11)12)20-16(22)21-9-5-8-19-15(21)18/h4-9,11,15H,10H2,1-3H3,(H,20,22). The van der Waals surface area contributed by atoms with Gasteiger partial charge in [-0.3, -0.25) is 9.89 Å². The van der Waals surface area contributed by atoms with Crippen LogP contribution < -0.4 is 5.32 Å². The van der Waals surface area contributed by atoms with Crippen LogP contribution in [0.25, 0.3) is 0 Å². The summed E-state index contributed by atoms with van der Waals surface area (Å²) in [5, 5.41) is 2.99. The van der Waals surface area contributed by atoms with E-state index in [1.54, 1.807) is 18.5 Å². The number of hydrogen-bond acceptors (Lipinski definition) is 2. The fraction of sp³-hybridized carbons (Fsp3) is 0.412. The predicted octanol–water partition coefficient (Wildman–Crippen LogP) is 4.43. The minimum absolute atomic E-state index is 0.139. The first-order valence-electron chi connectivity index (χ1n) is 7.47. The van der Waals surface area contributed by atoms with Crippen LogP contribution in [0.2, 0.25) is 0 Å². The topological polar surface area (TPSA) is 44.7 Å². The maximum Gasteiger partial charge on any atom is 0.328 e. The lowest BCUT2D eigenvalue weighted by molar-refractivity contribution is 0.225. The second-order valence-electron chi connectivity index (χ2n) is 6.54. The highest BCUT2D eigenvalue weighted by atomic mass is 35.5. The molecule has 0 spiro atoms. The van der Waals surface area contributed by atoms with Crippen LogP contribution in [0.15, 0.2) is 35.5 Å². The zero-order valence-corrected chi connectivity index (χ0v) is 13.8. The third-order valence-corrected chi connectivity index (χ3v) is 4.71. The number of halogens is 1. The van der Waals surface area contributed by atoms with Crippen molar-refractivity contribution in [1.29, 1.82) is 0 Å². The summed E-state index contributed by atoms with van der Waals surface area (Å²) in [7, 11) is 0. The van der Waals surface area contributed by atoms with E-state index in [1.165, 1.54) is 16.0 Å². The van der Waals surface area contributed by atoms with Crippen LogP contribution in [0.3, 0.4) is 0 Å². The Morgan fingerprint density at radius 2 is 2.23 bits per heavy atom. The highest BCUT2D eigenvalue weighted by Crippen LogP contribution is 2.48. The molecule has 2 unspecified atom stereocenters. The molecule has 4 nitrogen and oxygen atoms in total. The van der Waals surface area contributed by atoms with Crippen LogP contribution in [-0.4, -0.2) is 22.8 Å². The summed E-state index contributed by atoms with van der Waals surface area (Å²) in [6, 6.07) is 5.84. The predicted molar refractivity (Wildman–Crippen MR) is 90.6 cm³/mol. The second kappa shape index (κ2) is 5.43. The summed E-state index contributed by atoms with van der Waals surface area (Å²) in [6.45, 7) is 6.70. The van der Waals surface area contributed by atoms with Crippen molar-refractivity contribution in [3.05, 3.63) is 41.6 Å². The Morgan fingerprint density at radius 3 is 2.95 bits per heavy atom. The number of hydrogen-bond donors (Lipinski definition) is 1. The maximum absolute atomic E-state index is 12.5. The molecule has 0 aromatic heterocycles. The van der Waals surface area contributed by atoms with Crippen molar-refractivity contribution in [3.8, 4) is 0 Å². The van der Waals surface area contributed by atoms with E-state index in [1.807, 2.05) is 12.1 Å². The van der Waals surface area contributed by atoms with Crippen molar-refractivity contribution < 1.29 is 4.79 Å². The molecule has 1 N–H and O–H groups in total. The fourth-order valence-corrected chi connectivity index (χ4v) is 3.73. The molecule has 0 radical (unpaired) electrons. The number of benzene rings is 1. The van der Waals surface area contributed by atoms with Crippen molar-refractivity contribution in [1.82, 2.24) is 4.90 Å². The Kier molecular flexibility index (Phi) is 3.73. The van der Waals surface area contributed by atoms with Gasteiger partial charge in [0.25, 0.3) is 0 Å². The van der Waals surface area contributed by atoms with Crippen molar-refractivity contribution in [3.63, 3.8) is 0 Å². The van der Waals surface area contributed by atoms with Crippen LogP contribution in [0.4, 0.5) is 10.5 Å². The first kappa shape index (κ1) is 15.1. The lowest BCUT2D eigenvalue weighted by Gasteiger charge is -2.24. The molecule has 1 aliphatic carbocycles. The second-order valence-corrected chi connectivity index (χ2v) is 6.93. The number of aliphatic imine (C=N–C) groups is 1. The molecule has 0 bridgehead atoms. The van der Waals surface area contributed by atoms with Gasteiger partial charge in [-0.15, -0.1) is 0 Å². The van der Waals surface area contributed by atoms with Crippen molar-refractivity contribution in [2.75, 3.05) is 5.32 Å². The molecule has 2 amide bonds. The Hall–Kier alpha value is -1.81. The number of fused-ring (bicyclic) bond motifs is 1. The van der Waals surface area contributed by atoms with E-state index in [-0.39, 0.29) is 11.4 Å². The lowest BCUT2D eigenvalue weighted by atomic mass is 9.86. The molecular formula is C17H20ClN3O. The Morgan fingerprint density at radius 1 is 1.45 bits per heavy atom. The van der Waals surface area contributed by atoms with E-state index in [2.05, 4.69) is 37.1 Å². The van der Waals surface area contributed by atoms with Gasteiger partial charge >= 0.3 is 6.03 Å². The molecule has 1 aliphatic heterocycles. The van der Waals surface area contributed by atoms with Crippen LogP contribution in [0, 0.1) is 0 Å². The third-order valence-electron chi connectivity index (χ3n) is 4.39. The van der Waals surface area contributed by atoms with Crippen molar-refractivity contribution in [2.45, 2.75) is 44.1 Å². The SMILES string of the molecule is CC1CC(C)(C)c2cccc(NC(=O)N3C=CC=NC3Cl)c21. The molecule has 2 aliphatic rings. The van der Waals surface area contributed by atoms with Gasteiger partial charge in [0, 0.05) is 18.1 Å². The molecule has 1 aromatic carbocycles. The Balaban J connectivity index is 1.88. The summed E-state index contributed by atoms with van der Waals surface area (Å²) >= 11 is 6.05. The number of carbonyl (C=O) groups is 1. The smallest absolute Gasteiger partial charge is 0.307 e. The zero-order valence-electron chi connectivity index (χ0n) is 13.0. The summed E-state index contributed by atoms with van der Waals surface area (Å²) in [5.74, 6) is 0.420. The van der Waals surface area contributed by atoms with Crippen LogP contribution in [-0.2, 0) is 5.41 Å². The van der Waals surface area contributed by atoms with Gasteiger partial charge in [0.05, 0.1) is 0 Å². The average molecular weight is 318 g/mol. The zero-order chi connectivity index (χ0) is 15.9. The number of nitrogens with zero attached hydrogens (tertiary/aromatic N) is 2. The number of carbonyl (C=O) groups excluding carboxylic acids is 1. The van der Waals surface area contributed by atoms with Gasteiger partial charge in [-0.1, -0.05) is 44.5 Å². The van der Waals surface area contributed by atoms with Gasteiger partial charge in [-0.2, -0.15) is 0 Å². The summed E-state index contributed by atoms with van der Waals surface area (Å²) in [5.41, 5.74) is 2.85. The van der Waals surface area contributed by atoms with Crippen molar-refractivity contribution >= 4 is 29.5 Å². The summed E-state index contributed by atoms with van der Waals surface area (Å²) in [4.78, 5) is 17.8. The number of alkyl halides is 1. The van der Waals surface area contributed by atoms with Gasteiger partial charge in [0.15, 0.2) is 0 Å².